The summed E-state index contributed by atoms with van der Waals surface area (Å²) in [5.41, 5.74) is 9.24. The van der Waals surface area contributed by atoms with Crippen molar-refractivity contribution in [1.82, 2.24) is 20.2 Å². The van der Waals surface area contributed by atoms with Gasteiger partial charge in [0, 0.05) is 17.3 Å². The Balaban J connectivity index is 2.12. The number of hydrogen-bond donors (Lipinski definition) is 1. The van der Waals surface area contributed by atoms with Crippen LogP contribution in [0.3, 0.4) is 0 Å². The van der Waals surface area contributed by atoms with Gasteiger partial charge in [0.1, 0.15) is 17.2 Å². The minimum Gasteiger partial charge on any atom is -0.497 e. The van der Waals surface area contributed by atoms with Crippen LogP contribution in [0.4, 0.5) is 5.69 Å². The van der Waals surface area contributed by atoms with E-state index in [1.54, 1.807) is 25.0 Å². The van der Waals surface area contributed by atoms with Crippen LogP contribution in [0.25, 0.3) is 17.1 Å². The van der Waals surface area contributed by atoms with Gasteiger partial charge < -0.3 is 15.2 Å². The van der Waals surface area contributed by atoms with Crippen molar-refractivity contribution >= 4 is 5.69 Å². The van der Waals surface area contributed by atoms with Crippen LogP contribution in [-0.4, -0.2) is 34.4 Å². The highest BCUT2D eigenvalue weighted by Crippen LogP contribution is 2.30. The van der Waals surface area contributed by atoms with Gasteiger partial charge >= 0.3 is 0 Å². The molecule has 0 bridgehead atoms. The fourth-order valence-corrected chi connectivity index (χ4v) is 2.27. The molecule has 0 unspecified atom stereocenters. The number of methoxy groups -OCH3 is 2. The van der Waals surface area contributed by atoms with Gasteiger partial charge in [0.15, 0.2) is 5.82 Å². The molecule has 2 N–H and O–H groups in total. The van der Waals surface area contributed by atoms with Gasteiger partial charge in [0.05, 0.1) is 14.2 Å². The maximum Gasteiger partial charge on any atom is 0.187 e. The fraction of sp³-hybridized carbons (Fsp3) is 0.188. The molecule has 7 nitrogen and oxygen atoms in total. The molecule has 0 saturated heterocycles. The number of hydrogen-bond acceptors (Lipinski definition) is 6. The molecule has 0 aliphatic heterocycles. The highest BCUT2D eigenvalue weighted by atomic mass is 16.5. The average molecular weight is 311 g/mol. The molecule has 0 aliphatic carbocycles. The topological polar surface area (TPSA) is 88.1 Å². The van der Waals surface area contributed by atoms with Gasteiger partial charge in [-0.25, -0.2) is 0 Å². The first-order chi connectivity index (χ1) is 11.1. The van der Waals surface area contributed by atoms with Crippen molar-refractivity contribution in [2.24, 2.45) is 0 Å². The summed E-state index contributed by atoms with van der Waals surface area (Å²) < 4.78 is 12.3. The summed E-state index contributed by atoms with van der Waals surface area (Å²) in [5, 5.41) is 12.0. The molecule has 3 rings (SSSR count). The van der Waals surface area contributed by atoms with Crippen LogP contribution in [-0.2, 0) is 0 Å². The molecule has 0 radical (unpaired) electrons. The minimum atomic E-state index is 0.583. The third-order valence-corrected chi connectivity index (χ3v) is 3.62. The largest absolute Gasteiger partial charge is 0.497 e. The van der Waals surface area contributed by atoms with Crippen molar-refractivity contribution in [2.75, 3.05) is 20.0 Å². The van der Waals surface area contributed by atoms with E-state index in [2.05, 4.69) is 15.5 Å². The molecule has 0 amide bonds. The lowest BCUT2D eigenvalue weighted by Gasteiger charge is -2.11. The zero-order valence-electron chi connectivity index (χ0n) is 13.1. The number of aryl methyl sites for hydroxylation is 1. The minimum absolute atomic E-state index is 0.583. The number of aromatic nitrogens is 4. The number of nitrogen functional groups attached to an aromatic ring is 1. The van der Waals surface area contributed by atoms with E-state index in [-0.39, 0.29) is 0 Å². The molecular weight excluding hydrogens is 294 g/mol. The highest BCUT2D eigenvalue weighted by molar-refractivity contribution is 5.66. The third-order valence-electron chi connectivity index (χ3n) is 3.62. The molecule has 23 heavy (non-hydrogen) atoms. The Morgan fingerprint density at radius 3 is 2.57 bits per heavy atom. The molecule has 118 valence electrons. The third kappa shape index (κ3) is 2.68. The molecule has 0 atom stereocenters. The summed E-state index contributed by atoms with van der Waals surface area (Å²) in [6, 6.07) is 11.2. The molecule has 0 saturated carbocycles. The van der Waals surface area contributed by atoms with Crippen molar-refractivity contribution in [2.45, 2.75) is 6.92 Å². The standard InChI is InChI=1S/C16H17N5O2/c1-10-4-5-11(8-13(10)17)16-18-19-20-21(16)14-7-6-12(22-2)9-15(14)23-3/h4-9H,17H2,1-3H3. The maximum atomic E-state index is 5.99. The summed E-state index contributed by atoms with van der Waals surface area (Å²) in [6.07, 6.45) is 0. The van der Waals surface area contributed by atoms with Gasteiger partial charge in [-0.05, 0) is 41.1 Å². The summed E-state index contributed by atoms with van der Waals surface area (Å²) in [4.78, 5) is 0. The lowest BCUT2D eigenvalue weighted by atomic mass is 10.1. The van der Waals surface area contributed by atoms with E-state index < -0.39 is 0 Å². The Labute approximate surface area is 133 Å². The van der Waals surface area contributed by atoms with Crippen molar-refractivity contribution in [3.63, 3.8) is 0 Å². The summed E-state index contributed by atoms with van der Waals surface area (Å²) in [6.45, 7) is 1.95. The SMILES string of the molecule is COc1ccc(-n2nnnc2-c2ccc(C)c(N)c2)c(OC)c1. The molecule has 7 heteroatoms. The van der Waals surface area contributed by atoms with Crippen molar-refractivity contribution < 1.29 is 9.47 Å². The zero-order valence-corrected chi connectivity index (χ0v) is 13.1. The molecular formula is C16H17N5O2. The monoisotopic (exact) mass is 311 g/mol. The number of nitrogens with two attached hydrogens (primary N) is 1. The van der Waals surface area contributed by atoms with Gasteiger partial charge in [-0.3, -0.25) is 0 Å². The number of ether oxygens (including phenoxy) is 2. The molecule has 3 aromatic rings. The average Bonchev–Trinajstić information content (AvgIpc) is 3.06. The number of benzene rings is 2. The van der Waals surface area contributed by atoms with Gasteiger partial charge in [-0.2, -0.15) is 4.68 Å². The second kappa shape index (κ2) is 5.96. The quantitative estimate of drug-likeness (QED) is 0.743. The summed E-state index contributed by atoms with van der Waals surface area (Å²) in [7, 11) is 3.19. The molecule has 0 aliphatic rings. The van der Waals surface area contributed by atoms with Crippen LogP contribution < -0.4 is 15.2 Å². The Kier molecular flexibility index (Phi) is 3.84. The number of anilines is 1. The predicted octanol–water partition coefficient (Wildman–Crippen LogP) is 2.24. The van der Waals surface area contributed by atoms with Crippen molar-refractivity contribution in [1.29, 1.82) is 0 Å². The van der Waals surface area contributed by atoms with Crippen LogP contribution >= 0.6 is 0 Å². The van der Waals surface area contributed by atoms with Crippen LogP contribution in [0.1, 0.15) is 5.56 Å². The first-order valence-electron chi connectivity index (χ1n) is 7.01. The zero-order chi connectivity index (χ0) is 16.4. The normalized spacial score (nSPS) is 10.6. The molecule has 2 aromatic carbocycles. The number of tetrazole rings is 1. The molecule has 1 heterocycles. The Morgan fingerprint density at radius 1 is 1.04 bits per heavy atom. The van der Waals surface area contributed by atoms with Gasteiger partial charge in [0.2, 0.25) is 0 Å². The fourth-order valence-electron chi connectivity index (χ4n) is 2.27. The maximum absolute atomic E-state index is 5.99. The Morgan fingerprint density at radius 2 is 1.87 bits per heavy atom. The summed E-state index contributed by atoms with van der Waals surface area (Å²) >= 11 is 0. The highest BCUT2D eigenvalue weighted by Gasteiger charge is 2.15. The van der Waals surface area contributed by atoms with Crippen LogP contribution in [0.15, 0.2) is 36.4 Å². The molecule has 1 aromatic heterocycles. The lowest BCUT2D eigenvalue weighted by Crippen LogP contribution is -2.03. The molecule has 0 spiro atoms. The van der Waals surface area contributed by atoms with E-state index in [4.69, 9.17) is 15.2 Å². The second-order valence-corrected chi connectivity index (χ2v) is 5.02. The van der Waals surface area contributed by atoms with Crippen molar-refractivity contribution in [3.8, 4) is 28.6 Å². The van der Waals surface area contributed by atoms with Gasteiger partial charge in [-0.15, -0.1) is 5.10 Å². The van der Waals surface area contributed by atoms with E-state index in [9.17, 15) is 0 Å². The second-order valence-electron chi connectivity index (χ2n) is 5.02. The smallest absolute Gasteiger partial charge is 0.187 e. The lowest BCUT2D eigenvalue weighted by molar-refractivity contribution is 0.392. The predicted molar refractivity (Wildman–Crippen MR) is 86.8 cm³/mol. The van der Waals surface area contributed by atoms with Gasteiger partial charge in [0.25, 0.3) is 0 Å². The first kappa shape index (κ1) is 14.8. The van der Waals surface area contributed by atoms with Crippen molar-refractivity contribution in [3.05, 3.63) is 42.0 Å². The van der Waals surface area contributed by atoms with Crippen LogP contribution in [0.5, 0.6) is 11.5 Å². The van der Waals surface area contributed by atoms with E-state index >= 15 is 0 Å². The summed E-state index contributed by atoms with van der Waals surface area (Å²) in [5.74, 6) is 1.89. The van der Waals surface area contributed by atoms with E-state index in [0.717, 1.165) is 11.1 Å². The van der Waals surface area contributed by atoms with E-state index in [0.29, 0.717) is 28.7 Å². The Bertz CT molecular complexity index is 844. The number of nitrogens with zero attached hydrogens (tertiary/aromatic N) is 4. The molecule has 0 fully saturated rings. The van der Waals surface area contributed by atoms with Gasteiger partial charge in [-0.1, -0.05) is 12.1 Å². The van der Waals surface area contributed by atoms with E-state index in [1.165, 1.54) is 0 Å². The van der Waals surface area contributed by atoms with Crippen LogP contribution in [0, 0.1) is 6.92 Å². The Hall–Kier alpha value is -3.09. The number of rotatable bonds is 4. The van der Waals surface area contributed by atoms with E-state index in [1.807, 2.05) is 37.3 Å². The first-order valence-corrected chi connectivity index (χ1v) is 7.01. The van der Waals surface area contributed by atoms with Crippen LogP contribution in [0.2, 0.25) is 0 Å².